The van der Waals surface area contributed by atoms with Gasteiger partial charge in [-0.1, -0.05) is 0 Å². The number of nitriles is 1. The number of aromatic nitrogens is 1. The van der Waals surface area contributed by atoms with Gasteiger partial charge in [-0.15, -0.1) is 0 Å². The maximum atomic E-state index is 12.3. The molecule has 0 aliphatic heterocycles. The molecule has 14 heavy (non-hydrogen) atoms. The predicted octanol–water partition coefficient (Wildman–Crippen LogP) is 1.29. The highest BCUT2D eigenvalue weighted by Gasteiger charge is 2.16. The van der Waals surface area contributed by atoms with E-state index >= 15 is 0 Å². The molecule has 0 aliphatic rings. The summed E-state index contributed by atoms with van der Waals surface area (Å²) < 4.78 is 24.6. The Morgan fingerprint density at radius 1 is 1.64 bits per heavy atom. The van der Waals surface area contributed by atoms with Gasteiger partial charge in [-0.3, -0.25) is 4.79 Å². The third kappa shape index (κ3) is 1.66. The number of aldehydes is 1. The normalized spacial score (nSPS) is 9.86. The predicted molar refractivity (Wildman–Crippen MR) is 43.7 cm³/mol. The van der Waals surface area contributed by atoms with Gasteiger partial charge >= 0.3 is 0 Å². The number of carbonyl (C=O) groups is 1. The van der Waals surface area contributed by atoms with Crippen LogP contribution in [0.25, 0.3) is 0 Å². The Bertz CT molecular complexity index is 412. The molecule has 0 unspecified atom stereocenters. The molecule has 0 bridgehead atoms. The van der Waals surface area contributed by atoms with Gasteiger partial charge in [0.15, 0.2) is 12.0 Å². The molecule has 0 aliphatic carbocycles. The molecule has 1 rings (SSSR count). The standard InChI is InChI=1S/C8H5F2N3O/c9-8(10)4-1-5(12)6(2-11)13-7(4)3-14/h1,3,8H,12H2. The number of nitrogens with two attached hydrogens (primary N) is 1. The summed E-state index contributed by atoms with van der Waals surface area (Å²) in [5.41, 5.74) is 3.86. The Hall–Kier alpha value is -2.03. The third-order valence-electron chi connectivity index (χ3n) is 1.57. The number of halogens is 2. The second-order valence-corrected chi connectivity index (χ2v) is 2.43. The quantitative estimate of drug-likeness (QED) is 0.724. The van der Waals surface area contributed by atoms with Crippen LogP contribution in [-0.2, 0) is 0 Å². The van der Waals surface area contributed by atoms with E-state index in [9.17, 15) is 13.6 Å². The molecule has 0 aromatic carbocycles. The topological polar surface area (TPSA) is 79.8 Å². The zero-order chi connectivity index (χ0) is 10.7. The van der Waals surface area contributed by atoms with E-state index in [2.05, 4.69) is 4.98 Å². The van der Waals surface area contributed by atoms with Crippen LogP contribution in [0.2, 0.25) is 0 Å². The van der Waals surface area contributed by atoms with Gasteiger partial charge in [0, 0.05) is 5.56 Å². The second kappa shape index (κ2) is 3.79. The minimum Gasteiger partial charge on any atom is -0.396 e. The van der Waals surface area contributed by atoms with Gasteiger partial charge in [-0.2, -0.15) is 5.26 Å². The van der Waals surface area contributed by atoms with Crippen molar-refractivity contribution in [2.24, 2.45) is 0 Å². The fraction of sp³-hybridized carbons (Fsp3) is 0.125. The van der Waals surface area contributed by atoms with Crippen molar-refractivity contribution >= 4 is 12.0 Å². The van der Waals surface area contributed by atoms with Crippen LogP contribution in [0.4, 0.5) is 14.5 Å². The minimum atomic E-state index is -2.84. The highest BCUT2D eigenvalue weighted by Crippen LogP contribution is 2.24. The average Bonchev–Trinajstić information content (AvgIpc) is 2.17. The first-order valence-corrected chi connectivity index (χ1v) is 3.54. The fourth-order valence-corrected chi connectivity index (χ4v) is 0.918. The van der Waals surface area contributed by atoms with Gasteiger partial charge in [-0.05, 0) is 6.07 Å². The van der Waals surface area contributed by atoms with E-state index < -0.39 is 17.7 Å². The van der Waals surface area contributed by atoms with Crippen LogP contribution in [0, 0.1) is 11.3 Å². The highest BCUT2D eigenvalue weighted by atomic mass is 19.3. The van der Waals surface area contributed by atoms with Gasteiger partial charge in [0.2, 0.25) is 0 Å². The Morgan fingerprint density at radius 3 is 2.71 bits per heavy atom. The first-order valence-electron chi connectivity index (χ1n) is 3.54. The maximum absolute atomic E-state index is 12.3. The highest BCUT2D eigenvalue weighted by molar-refractivity contribution is 5.76. The molecule has 1 aromatic rings. The summed E-state index contributed by atoms with van der Waals surface area (Å²) in [4.78, 5) is 13.8. The van der Waals surface area contributed by atoms with Crippen LogP contribution >= 0.6 is 0 Å². The molecule has 0 fully saturated rings. The lowest BCUT2D eigenvalue weighted by Gasteiger charge is -2.04. The molecular formula is C8H5F2N3O. The van der Waals surface area contributed by atoms with Crippen molar-refractivity contribution in [1.82, 2.24) is 4.98 Å². The van der Waals surface area contributed by atoms with E-state index in [4.69, 9.17) is 11.0 Å². The molecule has 0 atom stereocenters. The van der Waals surface area contributed by atoms with Crippen molar-refractivity contribution in [1.29, 1.82) is 5.26 Å². The van der Waals surface area contributed by atoms with Crippen LogP contribution < -0.4 is 5.73 Å². The Kier molecular flexibility index (Phi) is 2.72. The molecule has 0 radical (unpaired) electrons. The molecule has 0 saturated heterocycles. The number of anilines is 1. The zero-order valence-corrected chi connectivity index (χ0v) is 6.87. The number of pyridine rings is 1. The summed E-state index contributed by atoms with van der Waals surface area (Å²) in [5, 5.41) is 8.47. The van der Waals surface area contributed by atoms with Crippen LogP contribution in [0.1, 0.15) is 28.2 Å². The first-order chi connectivity index (χ1) is 6.60. The summed E-state index contributed by atoms with van der Waals surface area (Å²) in [6, 6.07) is 2.49. The number of hydrogen-bond acceptors (Lipinski definition) is 4. The lowest BCUT2D eigenvalue weighted by molar-refractivity contribution is 0.110. The Morgan fingerprint density at radius 2 is 2.29 bits per heavy atom. The smallest absolute Gasteiger partial charge is 0.266 e. The Labute approximate surface area is 78.0 Å². The van der Waals surface area contributed by atoms with Crippen LogP contribution in [-0.4, -0.2) is 11.3 Å². The average molecular weight is 197 g/mol. The lowest BCUT2D eigenvalue weighted by Crippen LogP contribution is -2.03. The van der Waals surface area contributed by atoms with E-state index in [1.165, 1.54) is 0 Å². The number of alkyl halides is 2. The number of carbonyl (C=O) groups excluding carboxylic acids is 1. The second-order valence-electron chi connectivity index (χ2n) is 2.43. The van der Waals surface area contributed by atoms with Crippen molar-refractivity contribution in [3.8, 4) is 6.07 Å². The molecule has 1 aromatic heterocycles. The molecule has 72 valence electrons. The van der Waals surface area contributed by atoms with Crippen molar-refractivity contribution in [3.05, 3.63) is 23.0 Å². The van der Waals surface area contributed by atoms with Crippen molar-refractivity contribution < 1.29 is 13.6 Å². The SMILES string of the molecule is N#Cc1nc(C=O)c(C(F)F)cc1N. The third-order valence-corrected chi connectivity index (χ3v) is 1.57. The summed E-state index contributed by atoms with van der Waals surface area (Å²) in [6.07, 6.45) is -2.67. The molecular weight excluding hydrogens is 192 g/mol. The molecule has 4 nitrogen and oxygen atoms in total. The summed E-state index contributed by atoms with van der Waals surface area (Å²) in [6.45, 7) is 0. The van der Waals surface area contributed by atoms with Gasteiger partial charge in [-0.25, -0.2) is 13.8 Å². The molecule has 0 amide bonds. The molecule has 6 heteroatoms. The molecule has 1 heterocycles. The van der Waals surface area contributed by atoms with E-state index in [1.54, 1.807) is 6.07 Å². The number of nitrogens with zero attached hydrogens (tertiary/aromatic N) is 2. The largest absolute Gasteiger partial charge is 0.396 e. The van der Waals surface area contributed by atoms with Crippen LogP contribution in [0.15, 0.2) is 6.07 Å². The number of nitrogen functional groups attached to an aromatic ring is 1. The fourth-order valence-electron chi connectivity index (χ4n) is 0.918. The van der Waals surface area contributed by atoms with Crippen molar-refractivity contribution in [2.45, 2.75) is 6.43 Å². The van der Waals surface area contributed by atoms with Crippen molar-refractivity contribution in [3.63, 3.8) is 0 Å². The molecule has 0 spiro atoms. The van der Waals surface area contributed by atoms with Gasteiger partial charge < -0.3 is 5.73 Å². The van der Waals surface area contributed by atoms with Gasteiger partial charge in [0.1, 0.15) is 11.8 Å². The van der Waals surface area contributed by atoms with E-state index in [0.717, 1.165) is 6.07 Å². The van der Waals surface area contributed by atoms with Gasteiger partial charge in [0.05, 0.1) is 5.69 Å². The van der Waals surface area contributed by atoms with Gasteiger partial charge in [0.25, 0.3) is 6.43 Å². The zero-order valence-electron chi connectivity index (χ0n) is 6.87. The van der Waals surface area contributed by atoms with Crippen LogP contribution in [0.5, 0.6) is 0 Å². The van der Waals surface area contributed by atoms with Crippen molar-refractivity contribution in [2.75, 3.05) is 5.73 Å². The molecule has 0 saturated carbocycles. The summed E-state index contributed by atoms with van der Waals surface area (Å²) in [7, 11) is 0. The maximum Gasteiger partial charge on any atom is 0.266 e. The summed E-state index contributed by atoms with van der Waals surface area (Å²) in [5.74, 6) is 0. The minimum absolute atomic E-state index is 0.159. The lowest BCUT2D eigenvalue weighted by atomic mass is 10.1. The van der Waals surface area contributed by atoms with E-state index in [0.29, 0.717) is 0 Å². The number of hydrogen-bond donors (Lipinski definition) is 1. The Balaban J connectivity index is 3.40. The first kappa shape index (κ1) is 10.1. The molecule has 2 N–H and O–H groups in total. The monoisotopic (exact) mass is 197 g/mol. The van der Waals surface area contributed by atoms with E-state index in [1.807, 2.05) is 0 Å². The number of rotatable bonds is 2. The van der Waals surface area contributed by atoms with Crippen LogP contribution in [0.3, 0.4) is 0 Å². The van der Waals surface area contributed by atoms with E-state index in [-0.39, 0.29) is 17.7 Å². The summed E-state index contributed by atoms with van der Waals surface area (Å²) >= 11 is 0.